The predicted octanol–water partition coefficient (Wildman–Crippen LogP) is 2.95. The minimum Gasteiger partial charge on any atom is -0.478 e. The first-order valence-corrected chi connectivity index (χ1v) is 7.99. The number of aryl methyl sites for hydroxylation is 1. The van der Waals surface area contributed by atoms with Gasteiger partial charge in [0.15, 0.2) is 0 Å². The lowest BCUT2D eigenvalue weighted by molar-refractivity contribution is -0.116. The van der Waals surface area contributed by atoms with Gasteiger partial charge in [-0.25, -0.2) is 4.79 Å². The highest BCUT2D eigenvalue weighted by Gasteiger charge is 2.16. The highest BCUT2D eigenvalue weighted by Crippen LogP contribution is 2.29. The zero-order valence-corrected chi connectivity index (χ0v) is 13.6. The Balaban J connectivity index is 1.56. The Morgan fingerprint density at radius 1 is 1.17 bits per heavy atom. The number of nitrogens with one attached hydrogen (secondary N) is 1. The number of carboxylic acids is 1. The third-order valence-corrected chi connectivity index (χ3v) is 4.34. The van der Waals surface area contributed by atoms with Crippen molar-refractivity contribution in [2.75, 3.05) is 23.8 Å². The van der Waals surface area contributed by atoms with Crippen molar-refractivity contribution in [3.8, 4) is 0 Å². The second-order valence-electron chi connectivity index (χ2n) is 6.07. The number of nitrogens with zero attached hydrogens (tertiary/aromatic N) is 1. The van der Waals surface area contributed by atoms with Crippen molar-refractivity contribution in [2.45, 2.75) is 19.3 Å². The van der Waals surface area contributed by atoms with Crippen molar-refractivity contribution in [1.82, 2.24) is 0 Å². The molecule has 0 aromatic heterocycles. The molecule has 0 saturated heterocycles. The lowest BCUT2D eigenvalue weighted by Crippen LogP contribution is -2.14. The van der Waals surface area contributed by atoms with Crippen LogP contribution in [0.15, 0.2) is 42.5 Å². The van der Waals surface area contributed by atoms with Gasteiger partial charge in [0.05, 0.1) is 5.56 Å². The van der Waals surface area contributed by atoms with Gasteiger partial charge in [-0.15, -0.1) is 0 Å². The van der Waals surface area contributed by atoms with Crippen LogP contribution in [-0.2, 0) is 17.6 Å². The van der Waals surface area contributed by atoms with E-state index in [4.69, 9.17) is 5.11 Å². The third-order valence-electron chi connectivity index (χ3n) is 4.34. The molecule has 2 N–H and O–H groups in total. The van der Waals surface area contributed by atoms with Gasteiger partial charge < -0.3 is 15.3 Å². The van der Waals surface area contributed by atoms with E-state index >= 15 is 0 Å². The van der Waals surface area contributed by atoms with E-state index in [2.05, 4.69) is 23.3 Å². The lowest BCUT2D eigenvalue weighted by Gasteiger charge is -2.13. The van der Waals surface area contributed by atoms with Crippen LogP contribution in [0.4, 0.5) is 11.4 Å². The molecule has 3 rings (SSSR count). The number of rotatable bonds is 5. The molecule has 0 saturated carbocycles. The summed E-state index contributed by atoms with van der Waals surface area (Å²) in [5.74, 6) is -0.987. The number of carboxylic acid groups (broad SMARTS) is 1. The van der Waals surface area contributed by atoms with Gasteiger partial charge in [0, 0.05) is 31.4 Å². The van der Waals surface area contributed by atoms with Gasteiger partial charge in [0.1, 0.15) is 0 Å². The fourth-order valence-corrected chi connectivity index (χ4v) is 2.91. The van der Waals surface area contributed by atoms with Crippen LogP contribution in [0.2, 0.25) is 0 Å². The molecule has 0 atom stereocenters. The predicted molar refractivity (Wildman–Crippen MR) is 93.8 cm³/mol. The number of hydrogen-bond acceptors (Lipinski definition) is 3. The first-order chi connectivity index (χ1) is 11.5. The molecule has 5 nitrogen and oxygen atoms in total. The van der Waals surface area contributed by atoms with E-state index in [9.17, 15) is 9.59 Å². The molecule has 0 unspecified atom stereocenters. The topological polar surface area (TPSA) is 69.6 Å². The summed E-state index contributed by atoms with van der Waals surface area (Å²) in [4.78, 5) is 25.1. The van der Waals surface area contributed by atoms with Crippen molar-refractivity contribution in [3.05, 3.63) is 59.2 Å². The fraction of sp³-hybridized carbons (Fsp3) is 0.263. The summed E-state index contributed by atoms with van der Waals surface area (Å²) in [6.07, 6.45) is 1.99. The van der Waals surface area contributed by atoms with Crippen LogP contribution in [0.3, 0.4) is 0 Å². The van der Waals surface area contributed by atoms with Gasteiger partial charge in [-0.1, -0.05) is 18.2 Å². The Morgan fingerprint density at radius 3 is 2.62 bits per heavy atom. The van der Waals surface area contributed by atoms with Gasteiger partial charge in [-0.3, -0.25) is 4.79 Å². The maximum absolute atomic E-state index is 12.1. The van der Waals surface area contributed by atoms with Crippen LogP contribution in [0.1, 0.15) is 27.9 Å². The van der Waals surface area contributed by atoms with Crippen LogP contribution < -0.4 is 10.2 Å². The minimum absolute atomic E-state index is 0.0436. The van der Waals surface area contributed by atoms with Crippen LogP contribution >= 0.6 is 0 Å². The molecule has 0 bridgehead atoms. The van der Waals surface area contributed by atoms with Gasteiger partial charge in [0.25, 0.3) is 0 Å². The molecule has 1 aliphatic rings. The number of anilines is 2. The fourth-order valence-electron chi connectivity index (χ4n) is 2.91. The maximum Gasteiger partial charge on any atom is 0.335 e. The summed E-state index contributed by atoms with van der Waals surface area (Å²) in [5.41, 5.74) is 4.51. The largest absolute Gasteiger partial charge is 0.478 e. The Bertz CT molecular complexity index is 769. The van der Waals surface area contributed by atoms with Gasteiger partial charge in [0.2, 0.25) is 5.91 Å². The molecule has 0 fully saturated rings. The molecule has 1 amide bonds. The van der Waals surface area contributed by atoms with Crippen LogP contribution in [0.25, 0.3) is 0 Å². The van der Waals surface area contributed by atoms with Crippen molar-refractivity contribution in [1.29, 1.82) is 0 Å². The van der Waals surface area contributed by atoms with Gasteiger partial charge in [-0.2, -0.15) is 0 Å². The highest BCUT2D eigenvalue weighted by atomic mass is 16.4. The van der Waals surface area contributed by atoms with E-state index in [1.165, 1.54) is 11.3 Å². The molecule has 0 radical (unpaired) electrons. The average molecular weight is 324 g/mol. The molecule has 2 aromatic rings. The Morgan fingerprint density at radius 2 is 1.92 bits per heavy atom. The van der Waals surface area contributed by atoms with Crippen molar-refractivity contribution >= 4 is 23.3 Å². The van der Waals surface area contributed by atoms with E-state index in [1.54, 1.807) is 24.3 Å². The minimum atomic E-state index is -0.944. The summed E-state index contributed by atoms with van der Waals surface area (Å²) >= 11 is 0. The summed E-state index contributed by atoms with van der Waals surface area (Å²) in [5, 5.41) is 11.8. The SMILES string of the molecule is CN1CCc2ccc(NC(=O)CCc3ccc(C(=O)O)cc3)cc21. The standard InChI is InChI=1S/C19H20N2O3/c1-21-11-10-14-7-8-16(12-17(14)21)20-18(22)9-4-13-2-5-15(6-3-13)19(23)24/h2-3,5-8,12H,4,9-11H2,1H3,(H,20,22)(H,23,24). The molecule has 5 heteroatoms. The number of aromatic carboxylic acids is 1. The normalized spacial score (nSPS) is 12.8. The van der Waals surface area contributed by atoms with Crippen molar-refractivity contribution < 1.29 is 14.7 Å². The zero-order chi connectivity index (χ0) is 17.1. The van der Waals surface area contributed by atoms with Gasteiger partial charge >= 0.3 is 5.97 Å². The van der Waals surface area contributed by atoms with Crippen molar-refractivity contribution in [3.63, 3.8) is 0 Å². The maximum atomic E-state index is 12.1. The molecule has 124 valence electrons. The first-order valence-electron chi connectivity index (χ1n) is 7.99. The zero-order valence-electron chi connectivity index (χ0n) is 13.6. The van der Waals surface area contributed by atoms with Crippen molar-refractivity contribution in [2.24, 2.45) is 0 Å². The number of likely N-dealkylation sites (N-methyl/N-ethyl adjacent to an activating group) is 1. The molecule has 0 aliphatic carbocycles. The second-order valence-corrected chi connectivity index (χ2v) is 6.07. The Kier molecular flexibility index (Phi) is 4.51. The van der Waals surface area contributed by atoms with E-state index in [0.717, 1.165) is 24.2 Å². The molecular formula is C19H20N2O3. The Labute approximate surface area is 140 Å². The molecule has 0 spiro atoms. The van der Waals surface area contributed by atoms with Crippen LogP contribution in [0.5, 0.6) is 0 Å². The number of amides is 1. The summed E-state index contributed by atoms with van der Waals surface area (Å²) < 4.78 is 0. The average Bonchev–Trinajstić information content (AvgIpc) is 2.94. The Hall–Kier alpha value is -2.82. The third kappa shape index (κ3) is 3.56. The number of carbonyl (C=O) groups excluding carboxylic acids is 1. The van der Waals surface area contributed by atoms with E-state index in [0.29, 0.717) is 12.8 Å². The number of fused-ring (bicyclic) bond motifs is 1. The molecule has 24 heavy (non-hydrogen) atoms. The van der Waals surface area contributed by atoms with Crippen LogP contribution in [-0.4, -0.2) is 30.6 Å². The summed E-state index contributed by atoms with van der Waals surface area (Å²) in [7, 11) is 2.05. The lowest BCUT2D eigenvalue weighted by atomic mass is 10.1. The molecule has 1 aliphatic heterocycles. The molecular weight excluding hydrogens is 304 g/mol. The monoisotopic (exact) mass is 324 g/mol. The summed E-state index contributed by atoms with van der Waals surface area (Å²) in [6.45, 7) is 1.01. The smallest absolute Gasteiger partial charge is 0.335 e. The highest BCUT2D eigenvalue weighted by molar-refractivity contribution is 5.91. The molecule has 1 heterocycles. The summed E-state index contributed by atoms with van der Waals surface area (Å²) in [6, 6.07) is 12.7. The second kappa shape index (κ2) is 6.74. The van der Waals surface area contributed by atoms with Crippen LogP contribution in [0, 0.1) is 0 Å². The quantitative estimate of drug-likeness (QED) is 0.887. The van der Waals surface area contributed by atoms with E-state index < -0.39 is 5.97 Å². The van der Waals surface area contributed by atoms with E-state index in [1.807, 2.05) is 12.1 Å². The number of benzene rings is 2. The van der Waals surface area contributed by atoms with E-state index in [-0.39, 0.29) is 11.5 Å². The molecule has 2 aromatic carbocycles. The number of hydrogen-bond donors (Lipinski definition) is 2. The first kappa shape index (κ1) is 16.1. The van der Waals surface area contributed by atoms with Gasteiger partial charge in [-0.05, 0) is 48.2 Å². The number of carbonyl (C=O) groups is 2.